The van der Waals surface area contributed by atoms with Crippen molar-refractivity contribution < 1.29 is 8.91 Å². The van der Waals surface area contributed by atoms with Gasteiger partial charge in [0.25, 0.3) is 0 Å². The Labute approximate surface area is 64.4 Å². The van der Waals surface area contributed by atoms with Crippen LogP contribution in [0.15, 0.2) is 10.6 Å². The van der Waals surface area contributed by atoms with Crippen LogP contribution >= 0.6 is 0 Å². The van der Waals surface area contributed by atoms with Crippen LogP contribution in [0.4, 0.5) is 10.3 Å². The molecule has 0 saturated heterocycles. The summed E-state index contributed by atoms with van der Waals surface area (Å²) in [6.07, 6.45) is 2.11. The van der Waals surface area contributed by atoms with Gasteiger partial charge in [-0.2, -0.15) is 0 Å². The molecule has 3 nitrogen and oxygen atoms in total. The Hall–Kier alpha value is -1.06. The van der Waals surface area contributed by atoms with Gasteiger partial charge in [-0.15, -0.1) is 0 Å². The molecular weight excluding hydrogens is 147 g/mol. The molecule has 0 aliphatic heterocycles. The number of aryl methyl sites for hydroxylation is 1. The number of nitrogens with two attached hydrogens (primary N) is 1. The first-order valence-electron chi connectivity index (χ1n) is 3.60. The number of unbranched alkanes of at least 4 members (excludes halogenated alkanes) is 1. The highest BCUT2D eigenvalue weighted by Crippen LogP contribution is 2.07. The van der Waals surface area contributed by atoms with Gasteiger partial charge in [0, 0.05) is 6.07 Å². The fourth-order valence-electron chi connectivity index (χ4n) is 0.847. The normalized spacial score (nSPS) is 10.3. The Bertz CT molecular complexity index is 212. The molecular formula is C7H11FN2O. The Morgan fingerprint density at radius 2 is 2.36 bits per heavy atom. The number of halogens is 1. The molecule has 0 bridgehead atoms. The number of rotatable bonds is 4. The first-order valence-corrected chi connectivity index (χ1v) is 3.60. The molecule has 62 valence electrons. The Balaban J connectivity index is 2.27. The third-order valence-corrected chi connectivity index (χ3v) is 1.39. The van der Waals surface area contributed by atoms with Gasteiger partial charge < -0.3 is 10.3 Å². The number of nitrogen functional groups attached to an aromatic ring is 1. The molecule has 0 saturated carbocycles. The highest BCUT2D eigenvalue weighted by Gasteiger charge is 1.99. The van der Waals surface area contributed by atoms with Gasteiger partial charge in [0.05, 0.1) is 12.4 Å². The predicted octanol–water partition coefficient (Wildman–Crippen LogP) is 1.55. The molecule has 0 atom stereocenters. The van der Waals surface area contributed by atoms with Crippen LogP contribution in [0.3, 0.4) is 0 Å². The van der Waals surface area contributed by atoms with Gasteiger partial charge in [0.15, 0.2) is 0 Å². The highest BCUT2D eigenvalue weighted by molar-refractivity contribution is 5.24. The molecule has 11 heavy (non-hydrogen) atoms. The van der Waals surface area contributed by atoms with E-state index in [0.29, 0.717) is 12.3 Å². The predicted molar refractivity (Wildman–Crippen MR) is 39.8 cm³/mol. The lowest BCUT2D eigenvalue weighted by Crippen LogP contribution is -1.85. The maximum Gasteiger partial charge on any atom is 0.222 e. The summed E-state index contributed by atoms with van der Waals surface area (Å²) >= 11 is 0. The summed E-state index contributed by atoms with van der Waals surface area (Å²) in [5.41, 5.74) is 6.08. The first-order chi connectivity index (χ1) is 5.33. The van der Waals surface area contributed by atoms with Crippen molar-refractivity contribution in [1.82, 2.24) is 5.16 Å². The van der Waals surface area contributed by atoms with E-state index in [2.05, 4.69) is 9.68 Å². The van der Waals surface area contributed by atoms with Crippen LogP contribution in [0.5, 0.6) is 0 Å². The van der Waals surface area contributed by atoms with Crippen LogP contribution in [0.2, 0.25) is 0 Å². The molecule has 1 rings (SSSR count). The largest absolute Gasteiger partial charge is 0.368 e. The zero-order valence-corrected chi connectivity index (χ0v) is 6.22. The Morgan fingerprint density at radius 3 is 2.91 bits per heavy atom. The first kappa shape index (κ1) is 8.04. The van der Waals surface area contributed by atoms with E-state index in [9.17, 15) is 4.39 Å². The molecule has 0 unspecified atom stereocenters. The van der Waals surface area contributed by atoms with Crippen molar-refractivity contribution in [3.05, 3.63) is 11.8 Å². The molecule has 0 spiro atoms. The van der Waals surface area contributed by atoms with Crippen LogP contribution in [-0.2, 0) is 6.42 Å². The third kappa shape index (κ3) is 2.57. The average molecular weight is 158 g/mol. The standard InChI is InChI=1S/C7H11FN2O/c8-4-2-1-3-6-5-7(9)11-10-6/h5H,1-4,9H2. The molecule has 0 radical (unpaired) electrons. The fourth-order valence-corrected chi connectivity index (χ4v) is 0.847. The minimum absolute atomic E-state index is 0.271. The number of hydrogen-bond donors (Lipinski definition) is 1. The Kier molecular flexibility index (Phi) is 2.89. The van der Waals surface area contributed by atoms with Crippen LogP contribution in [0.25, 0.3) is 0 Å². The third-order valence-electron chi connectivity index (χ3n) is 1.39. The summed E-state index contributed by atoms with van der Waals surface area (Å²) in [7, 11) is 0. The van der Waals surface area contributed by atoms with E-state index in [-0.39, 0.29) is 6.67 Å². The molecule has 4 heteroatoms. The molecule has 2 N–H and O–H groups in total. The van der Waals surface area contributed by atoms with E-state index in [1.807, 2.05) is 0 Å². The lowest BCUT2D eigenvalue weighted by Gasteiger charge is -1.90. The quantitative estimate of drug-likeness (QED) is 0.676. The summed E-state index contributed by atoms with van der Waals surface area (Å²) in [4.78, 5) is 0. The van der Waals surface area contributed by atoms with Crippen molar-refractivity contribution in [2.24, 2.45) is 0 Å². The molecule has 1 heterocycles. The van der Waals surface area contributed by atoms with Crippen molar-refractivity contribution >= 4 is 5.88 Å². The van der Waals surface area contributed by atoms with E-state index in [1.165, 1.54) is 0 Å². The van der Waals surface area contributed by atoms with E-state index < -0.39 is 0 Å². The fraction of sp³-hybridized carbons (Fsp3) is 0.571. The number of nitrogens with zero attached hydrogens (tertiary/aromatic N) is 1. The average Bonchev–Trinajstić information content (AvgIpc) is 2.37. The number of aromatic nitrogens is 1. The highest BCUT2D eigenvalue weighted by atomic mass is 19.1. The van der Waals surface area contributed by atoms with E-state index in [0.717, 1.165) is 18.5 Å². The number of hydrogen-bond acceptors (Lipinski definition) is 3. The number of anilines is 1. The second-order valence-electron chi connectivity index (χ2n) is 2.37. The van der Waals surface area contributed by atoms with Crippen LogP contribution < -0.4 is 5.73 Å². The van der Waals surface area contributed by atoms with Crippen molar-refractivity contribution in [3.8, 4) is 0 Å². The minimum atomic E-state index is -0.271. The van der Waals surface area contributed by atoms with Crippen LogP contribution in [0.1, 0.15) is 18.5 Å². The molecule has 0 amide bonds. The van der Waals surface area contributed by atoms with Crippen molar-refractivity contribution in [1.29, 1.82) is 0 Å². The van der Waals surface area contributed by atoms with Crippen LogP contribution in [0, 0.1) is 0 Å². The summed E-state index contributed by atoms with van der Waals surface area (Å²) in [6.45, 7) is -0.271. The second kappa shape index (κ2) is 3.95. The summed E-state index contributed by atoms with van der Waals surface area (Å²) in [5.74, 6) is 0.320. The monoisotopic (exact) mass is 158 g/mol. The van der Waals surface area contributed by atoms with Gasteiger partial charge in [-0.3, -0.25) is 4.39 Å². The van der Waals surface area contributed by atoms with Crippen molar-refractivity contribution in [3.63, 3.8) is 0 Å². The smallest absolute Gasteiger partial charge is 0.222 e. The van der Waals surface area contributed by atoms with E-state index in [4.69, 9.17) is 5.73 Å². The molecule has 0 aliphatic carbocycles. The van der Waals surface area contributed by atoms with Gasteiger partial charge in [-0.1, -0.05) is 5.16 Å². The lowest BCUT2D eigenvalue weighted by atomic mass is 10.2. The summed E-state index contributed by atoms with van der Waals surface area (Å²) < 4.78 is 16.3. The van der Waals surface area contributed by atoms with E-state index >= 15 is 0 Å². The van der Waals surface area contributed by atoms with Gasteiger partial charge in [0.1, 0.15) is 0 Å². The van der Waals surface area contributed by atoms with Gasteiger partial charge in [-0.25, -0.2) is 0 Å². The molecule has 1 aromatic rings. The van der Waals surface area contributed by atoms with Crippen molar-refractivity contribution in [2.45, 2.75) is 19.3 Å². The SMILES string of the molecule is Nc1cc(CCCCF)no1. The van der Waals surface area contributed by atoms with Crippen LogP contribution in [-0.4, -0.2) is 11.8 Å². The number of alkyl halides is 1. The van der Waals surface area contributed by atoms with Gasteiger partial charge in [-0.05, 0) is 19.3 Å². The zero-order chi connectivity index (χ0) is 8.10. The van der Waals surface area contributed by atoms with Crippen molar-refractivity contribution in [2.75, 3.05) is 12.4 Å². The summed E-state index contributed by atoms with van der Waals surface area (Å²) in [6, 6.07) is 1.66. The molecule has 0 aliphatic rings. The molecule has 0 fully saturated rings. The molecule has 1 aromatic heterocycles. The second-order valence-corrected chi connectivity index (χ2v) is 2.37. The zero-order valence-electron chi connectivity index (χ0n) is 6.22. The molecule has 0 aromatic carbocycles. The maximum atomic E-state index is 11.6. The Morgan fingerprint density at radius 1 is 1.55 bits per heavy atom. The lowest BCUT2D eigenvalue weighted by molar-refractivity contribution is 0.421. The minimum Gasteiger partial charge on any atom is -0.368 e. The topological polar surface area (TPSA) is 52.0 Å². The van der Waals surface area contributed by atoms with E-state index in [1.54, 1.807) is 6.07 Å². The van der Waals surface area contributed by atoms with Gasteiger partial charge in [0.2, 0.25) is 5.88 Å². The van der Waals surface area contributed by atoms with Gasteiger partial charge >= 0.3 is 0 Å². The summed E-state index contributed by atoms with van der Waals surface area (Å²) in [5, 5.41) is 3.67. The maximum absolute atomic E-state index is 11.6.